The Hall–Kier alpha value is -1.96. The average Bonchev–Trinajstić information content (AvgIpc) is 2.73. The first-order valence-corrected chi connectivity index (χ1v) is 5.24. The number of fused-ring (bicyclic) bond motifs is 1. The molecule has 2 aromatic carbocycles. The molecule has 3 rings (SSSR count). The Morgan fingerprint density at radius 1 is 1.00 bits per heavy atom. The van der Waals surface area contributed by atoms with Gasteiger partial charge < -0.3 is 0 Å². The maximum Gasteiger partial charge on any atom is 0.125 e. The van der Waals surface area contributed by atoms with Crippen LogP contribution in [0.2, 0.25) is 0 Å². The van der Waals surface area contributed by atoms with E-state index in [0.717, 1.165) is 28.9 Å². The SMILES string of the molecule is Fc1ccc2c(c1)N=C(c1ccccc1)C2. The van der Waals surface area contributed by atoms with E-state index in [4.69, 9.17) is 0 Å². The fourth-order valence-corrected chi connectivity index (χ4v) is 1.95. The van der Waals surface area contributed by atoms with Gasteiger partial charge >= 0.3 is 0 Å². The van der Waals surface area contributed by atoms with Gasteiger partial charge in [0.25, 0.3) is 0 Å². The predicted molar refractivity (Wildman–Crippen MR) is 62.7 cm³/mol. The highest BCUT2D eigenvalue weighted by Gasteiger charge is 2.15. The zero-order chi connectivity index (χ0) is 11.0. The summed E-state index contributed by atoms with van der Waals surface area (Å²) in [5.74, 6) is -0.225. The Labute approximate surface area is 93.3 Å². The molecule has 0 fully saturated rings. The molecular weight excluding hydrogens is 201 g/mol. The number of hydrogen-bond donors (Lipinski definition) is 0. The topological polar surface area (TPSA) is 12.4 Å². The van der Waals surface area contributed by atoms with E-state index in [-0.39, 0.29) is 5.82 Å². The van der Waals surface area contributed by atoms with Crippen LogP contribution in [0.4, 0.5) is 10.1 Å². The summed E-state index contributed by atoms with van der Waals surface area (Å²) in [6, 6.07) is 14.8. The highest BCUT2D eigenvalue weighted by molar-refractivity contribution is 6.06. The lowest BCUT2D eigenvalue weighted by Gasteiger charge is -1.98. The normalized spacial score (nSPS) is 13.4. The predicted octanol–water partition coefficient (Wildman–Crippen LogP) is 3.50. The molecule has 1 aliphatic rings. The lowest BCUT2D eigenvalue weighted by Crippen LogP contribution is -1.99. The van der Waals surface area contributed by atoms with E-state index >= 15 is 0 Å². The third kappa shape index (κ3) is 1.52. The molecule has 0 atom stereocenters. The van der Waals surface area contributed by atoms with Crippen molar-refractivity contribution >= 4 is 11.4 Å². The molecule has 0 N–H and O–H groups in total. The van der Waals surface area contributed by atoms with Crippen LogP contribution in [0.25, 0.3) is 0 Å². The molecule has 1 nitrogen and oxygen atoms in total. The minimum absolute atomic E-state index is 0.225. The van der Waals surface area contributed by atoms with Crippen molar-refractivity contribution in [2.45, 2.75) is 6.42 Å². The largest absolute Gasteiger partial charge is 0.252 e. The smallest absolute Gasteiger partial charge is 0.125 e. The molecule has 2 aromatic rings. The van der Waals surface area contributed by atoms with E-state index in [1.807, 2.05) is 36.4 Å². The van der Waals surface area contributed by atoms with Crippen molar-refractivity contribution in [3.8, 4) is 0 Å². The Morgan fingerprint density at radius 3 is 2.62 bits per heavy atom. The molecule has 0 radical (unpaired) electrons. The summed E-state index contributed by atoms with van der Waals surface area (Å²) in [5.41, 5.74) is 3.99. The van der Waals surface area contributed by atoms with Crippen molar-refractivity contribution in [3.05, 3.63) is 65.5 Å². The van der Waals surface area contributed by atoms with Crippen molar-refractivity contribution in [2.75, 3.05) is 0 Å². The van der Waals surface area contributed by atoms with Gasteiger partial charge in [-0.1, -0.05) is 36.4 Å². The Kier molecular flexibility index (Phi) is 2.07. The second kappa shape index (κ2) is 3.56. The fourth-order valence-electron chi connectivity index (χ4n) is 1.95. The summed E-state index contributed by atoms with van der Waals surface area (Å²) < 4.78 is 13.0. The molecule has 0 spiro atoms. The van der Waals surface area contributed by atoms with Gasteiger partial charge in [-0.3, -0.25) is 4.99 Å². The summed E-state index contributed by atoms with van der Waals surface area (Å²) >= 11 is 0. The number of aliphatic imine (C=N–C) groups is 1. The van der Waals surface area contributed by atoms with E-state index in [9.17, 15) is 4.39 Å². The van der Waals surface area contributed by atoms with Gasteiger partial charge in [0.15, 0.2) is 0 Å². The summed E-state index contributed by atoms with van der Waals surface area (Å²) in [4.78, 5) is 4.46. The van der Waals surface area contributed by atoms with Crippen LogP contribution < -0.4 is 0 Å². The minimum atomic E-state index is -0.225. The quantitative estimate of drug-likeness (QED) is 0.684. The van der Waals surface area contributed by atoms with Crippen LogP contribution in [-0.2, 0) is 6.42 Å². The van der Waals surface area contributed by atoms with Gasteiger partial charge in [-0.2, -0.15) is 0 Å². The molecule has 2 heteroatoms. The van der Waals surface area contributed by atoms with Crippen LogP contribution in [0, 0.1) is 5.82 Å². The summed E-state index contributed by atoms with van der Waals surface area (Å²) in [5, 5.41) is 0. The summed E-state index contributed by atoms with van der Waals surface area (Å²) in [6.45, 7) is 0. The second-order valence-corrected chi connectivity index (χ2v) is 3.87. The lowest BCUT2D eigenvalue weighted by molar-refractivity contribution is 0.628. The molecule has 16 heavy (non-hydrogen) atoms. The van der Waals surface area contributed by atoms with Gasteiger partial charge in [-0.15, -0.1) is 0 Å². The second-order valence-electron chi connectivity index (χ2n) is 3.87. The Morgan fingerprint density at radius 2 is 1.81 bits per heavy atom. The molecule has 0 saturated heterocycles. The Bertz CT molecular complexity index is 558. The third-order valence-electron chi connectivity index (χ3n) is 2.77. The van der Waals surface area contributed by atoms with Crippen molar-refractivity contribution in [2.24, 2.45) is 4.99 Å². The van der Waals surface area contributed by atoms with Crippen LogP contribution in [0.1, 0.15) is 11.1 Å². The van der Waals surface area contributed by atoms with E-state index in [1.54, 1.807) is 0 Å². The maximum absolute atomic E-state index is 13.0. The first kappa shape index (κ1) is 9.28. The van der Waals surface area contributed by atoms with Gasteiger partial charge in [0.1, 0.15) is 5.82 Å². The zero-order valence-corrected chi connectivity index (χ0v) is 8.65. The van der Waals surface area contributed by atoms with E-state index in [0.29, 0.717) is 0 Å². The van der Waals surface area contributed by atoms with Gasteiger partial charge in [-0.25, -0.2) is 4.39 Å². The van der Waals surface area contributed by atoms with E-state index in [2.05, 4.69) is 4.99 Å². The molecular formula is C14H10FN. The first-order valence-electron chi connectivity index (χ1n) is 5.24. The molecule has 0 unspecified atom stereocenters. The van der Waals surface area contributed by atoms with Gasteiger partial charge in [0.05, 0.1) is 11.4 Å². The zero-order valence-electron chi connectivity index (χ0n) is 8.65. The van der Waals surface area contributed by atoms with Crippen LogP contribution in [0.5, 0.6) is 0 Å². The monoisotopic (exact) mass is 211 g/mol. The van der Waals surface area contributed by atoms with Gasteiger partial charge in [0, 0.05) is 6.42 Å². The third-order valence-corrected chi connectivity index (χ3v) is 2.77. The molecule has 0 bridgehead atoms. The fraction of sp³-hybridized carbons (Fsp3) is 0.0714. The number of nitrogens with zero attached hydrogens (tertiary/aromatic N) is 1. The van der Waals surface area contributed by atoms with Crippen molar-refractivity contribution in [3.63, 3.8) is 0 Å². The molecule has 0 saturated carbocycles. The Balaban J connectivity index is 2.02. The van der Waals surface area contributed by atoms with Crippen molar-refractivity contribution < 1.29 is 4.39 Å². The highest BCUT2D eigenvalue weighted by atomic mass is 19.1. The van der Waals surface area contributed by atoms with Gasteiger partial charge in [-0.05, 0) is 23.3 Å². The highest BCUT2D eigenvalue weighted by Crippen LogP contribution is 2.29. The molecule has 1 heterocycles. The standard InChI is InChI=1S/C14H10FN/c15-12-7-6-11-8-13(16-14(11)9-12)10-4-2-1-3-5-10/h1-7,9H,8H2. The summed E-state index contributed by atoms with van der Waals surface area (Å²) in [7, 11) is 0. The molecule has 1 aliphatic heterocycles. The van der Waals surface area contributed by atoms with Crippen molar-refractivity contribution in [1.82, 2.24) is 0 Å². The van der Waals surface area contributed by atoms with Crippen LogP contribution in [0.3, 0.4) is 0 Å². The first-order chi connectivity index (χ1) is 7.83. The number of halogens is 1. The number of hydrogen-bond acceptors (Lipinski definition) is 1. The lowest BCUT2D eigenvalue weighted by atomic mass is 10.0. The summed E-state index contributed by atoms with van der Waals surface area (Å²) in [6.07, 6.45) is 0.791. The van der Waals surface area contributed by atoms with E-state index < -0.39 is 0 Å². The van der Waals surface area contributed by atoms with Crippen LogP contribution in [0.15, 0.2) is 53.5 Å². The molecule has 78 valence electrons. The molecule has 0 aliphatic carbocycles. The van der Waals surface area contributed by atoms with Crippen molar-refractivity contribution in [1.29, 1.82) is 0 Å². The van der Waals surface area contributed by atoms with E-state index in [1.165, 1.54) is 12.1 Å². The average molecular weight is 211 g/mol. The van der Waals surface area contributed by atoms with Crippen LogP contribution >= 0.6 is 0 Å². The number of rotatable bonds is 1. The number of benzene rings is 2. The van der Waals surface area contributed by atoms with Gasteiger partial charge in [0.2, 0.25) is 0 Å². The molecule has 0 aromatic heterocycles. The molecule has 0 amide bonds. The maximum atomic E-state index is 13.0. The van der Waals surface area contributed by atoms with Crippen LogP contribution in [-0.4, -0.2) is 5.71 Å². The minimum Gasteiger partial charge on any atom is -0.252 e.